The molecule has 0 aliphatic heterocycles. The smallest absolute Gasteiger partial charge is 0.231 e. The van der Waals surface area contributed by atoms with E-state index in [9.17, 15) is 14.9 Å². The Morgan fingerprint density at radius 3 is 2.11 bits per heavy atom. The van der Waals surface area contributed by atoms with Gasteiger partial charge >= 0.3 is 0 Å². The lowest BCUT2D eigenvalue weighted by atomic mass is 10.0. The van der Waals surface area contributed by atoms with E-state index in [1.54, 1.807) is 31.2 Å². The van der Waals surface area contributed by atoms with Gasteiger partial charge in [-0.2, -0.15) is 0 Å². The van der Waals surface area contributed by atoms with Crippen LogP contribution in [0.3, 0.4) is 0 Å². The zero-order chi connectivity index (χ0) is 14.1. The lowest BCUT2D eigenvalue weighted by molar-refractivity contribution is -0.528. The molecule has 1 N–H and O–H groups in total. The lowest BCUT2D eigenvalue weighted by Gasteiger charge is -2.10. The number of benzene rings is 1. The molecule has 2 unspecified atom stereocenters. The number of nitro groups is 1. The first-order valence-corrected chi connectivity index (χ1v) is 5.84. The number of phenols is 1. The van der Waals surface area contributed by atoms with Crippen molar-refractivity contribution in [2.75, 3.05) is 0 Å². The van der Waals surface area contributed by atoms with E-state index in [1.807, 2.05) is 6.07 Å². The van der Waals surface area contributed by atoms with E-state index in [2.05, 4.69) is 0 Å². The summed E-state index contributed by atoms with van der Waals surface area (Å²) >= 11 is 5.10. The molecule has 1 rings (SSSR count). The molecular formula is C12H16ClNO4. The van der Waals surface area contributed by atoms with E-state index < -0.39 is 22.1 Å². The van der Waals surface area contributed by atoms with Crippen molar-refractivity contribution in [2.45, 2.75) is 26.3 Å². The highest BCUT2D eigenvalue weighted by molar-refractivity contribution is 6.64. The molecule has 18 heavy (non-hydrogen) atoms. The topological polar surface area (TPSA) is 80.4 Å². The van der Waals surface area contributed by atoms with Crippen molar-refractivity contribution < 1.29 is 14.8 Å². The number of nitrogens with zero attached hydrogens (tertiary/aromatic N) is 1. The molecule has 2 atom stereocenters. The number of aromatic hydroxyl groups is 1. The molecule has 0 aliphatic rings. The van der Waals surface area contributed by atoms with Gasteiger partial charge in [-0.1, -0.05) is 25.1 Å². The van der Waals surface area contributed by atoms with Gasteiger partial charge in [-0.15, -0.1) is 0 Å². The number of rotatable bonds is 4. The molecule has 0 heterocycles. The second-order valence-electron chi connectivity index (χ2n) is 3.69. The normalized spacial score (nSPS) is 12.8. The lowest BCUT2D eigenvalue weighted by Crippen LogP contribution is -2.29. The average molecular weight is 274 g/mol. The number of phenolic OH excluding ortho intramolecular Hbond substituents is 1. The molecule has 0 fully saturated rings. The van der Waals surface area contributed by atoms with E-state index in [4.69, 9.17) is 16.7 Å². The fourth-order valence-corrected chi connectivity index (χ4v) is 1.41. The molecule has 1 aromatic carbocycles. The van der Waals surface area contributed by atoms with Crippen LogP contribution in [0.25, 0.3) is 0 Å². The minimum absolute atomic E-state index is 0.322. The van der Waals surface area contributed by atoms with Crippen molar-refractivity contribution in [1.29, 1.82) is 0 Å². The van der Waals surface area contributed by atoms with Gasteiger partial charge in [0.25, 0.3) is 0 Å². The third kappa shape index (κ3) is 6.20. The Kier molecular flexibility index (Phi) is 7.71. The Morgan fingerprint density at radius 2 is 1.94 bits per heavy atom. The highest BCUT2D eigenvalue weighted by atomic mass is 35.5. The molecule has 0 aromatic heterocycles. The summed E-state index contributed by atoms with van der Waals surface area (Å²) in [4.78, 5) is 20.3. The number of halogens is 1. The highest BCUT2D eigenvalue weighted by Gasteiger charge is 2.30. The zero-order valence-corrected chi connectivity index (χ0v) is 11.0. The molecule has 0 radical (unpaired) electrons. The number of carbonyl (C=O) groups is 1. The van der Waals surface area contributed by atoms with Gasteiger partial charge in [0.05, 0.1) is 5.92 Å². The minimum Gasteiger partial charge on any atom is -0.508 e. The summed E-state index contributed by atoms with van der Waals surface area (Å²) in [5, 5.41) is 18.3. The first kappa shape index (κ1) is 16.4. The van der Waals surface area contributed by atoms with Crippen molar-refractivity contribution in [3.05, 3.63) is 40.4 Å². The van der Waals surface area contributed by atoms with Gasteiger partial charge in [0.1, 0.15) is 5.75 Å². The first-order chi connectivity index (χ1) is 8.40. The van der Waals surface area contributed by atoms with Crippen LogP contribution in [0, 0.1) is 16.0 Å². The maximum absolute atomic E-state index is 10.5. The van der Waals surface area contributed by atoms with Gasteiger partial charge < -0.3 is 5.11 Å². The summed E-state index contributed by atoms with van der Waals surface area (Å²) in [6, 6.07) is 7.87. The van der Waals surface area contributed by atoms with Crippen LogP contribution in [0.1, 0.15) is 20.3 Å². The fraction of sp³-hybridized carbons (Fsp3) is 0.417. The Hall–Kier alpha value is -1.62. The second-order valence-corrected chi connectivity index (χ2v) is 4.06. The maximum atomic E-state index is 10.5. The Morgan fingerprint density at radius 1 is 1.44 bits per heavy atom. The molecule has 0 aliphatic carbocycles. The van der Waals surface area contributed by atoms with Crippen LogP contribution < -0.4 is 0 Å². The van der Waals surface area contributed by atoms with Crippen molar-refractivity contribution in [2.24, 2.45) is 5.92 Å². The highest BCUT2D eigenvalue weighted by Crippen LogP contribution is 2.13. The van der Waals surface area contributed by atoms with Gasteiger partial charge in [-0.25, -0.2) is 0 Å². The quantitative estimate of drug-likeness (QED) is 0.520. The summed E-state index contributed by atoms with van der Waals surface area (Å²) in [7, 11) is 0. The van der Waals surface area contributed by atoms with Crippen LogP contribution >= 0.6 is 11.6 Å². The molecule has 5 nitrogen and oxygen atoms in total. The molecule has 0 amide bonds. The Balaban J connectivity index is 0.000000351. The van der Waals surface area contributed by atoms with Crippen molar-refractivity contribution >= 4 is 16.8 Å². The van der Waals surface area contributed by atoms with Gasteiger partial charge in [-0.3, -0.25) is 14.9 Å². The maximum Gasteiger partial charge on any atom is 0.231 e. The van der Waals surface area contributed by atoms with Crippen molar-refractivity contribution in [3.8, 4) is 5.75 Å². The molecule has 1 aromatic rings. The number of carbonyl (C=O) groups excluding carboxylic acids is 1. The molecule has 0 saturated heterocycles. The van der Waals surface area contributed by atoms with Crippen LogP contribution in [0.5, 0.6) is 5.75 Å². The van der Waals surface area contributed by atoms with Crippen molar-refractivity contribution in [1.82, 2.24) is 0 Å². The summed E-state index contributed by atoms with van der Waals surface area (Å²) in [6.07, 6.45) is 0.326. The molecule has 0 saturated carbocycles. The fourth-order valence-electron chi connectivity index (χ4n) is 1.26. The van der Waals surface area contributed by atoms with Gasteiger partial charge in [0.2, 0.25) is 11.3 Å². The predicted octanol–water partition coefficient (Wildman–Crippen LogP) is 2.84. The predicted molar refractivity (Wildman–Crippen MR) is 69.2 cm³/mol. The zero-order valence-electron chi connectivity index (χ0n) is 10.2. The summed E-state index contributed by atoms with van der Waals surface area (Å²) < 4.78 is 0. The standard InChI is InChI=1S/C6H10ClNO3.C6H6O/c1-3-5(8(10)11)4(2)6(7)9;7-6-4-2-1-3-5-6/h4-5H,3H2,1-2H3;1-5,7H. The van der Waals surface area contributed by atoms with Crippen LogP contribution in [0.2, 0.25) is 0 Å². The van der Waals surface area contributed by atoms with E-state index in [1.165, 1.54) is 6.92 Å². The summed E-state index contributed by atoms with van der Waals surface area (Å²) in [6.45, 7) is 3.12. The third-order valence-corrected chi connectivity index (χ3v) is 2.72. The molecule has 0 spiro atoms. The van der Waals surface area contributed by atoms with Crippen LogP contribution in [-0.2, 0) is 4.79 Å². The first-order valence-electron chi connectivity index (χ1n) is 5.47. The summed E-state index contributed by atoms with van der Waals surface area (Å²) in [5.74, 6) is -0.376. The minimum atomic E-state index is -0.847. The van der Waals surface area contributed by atoms with E-state index >= 15 is 0 Å². The van der Waals surface area contributed by atoms with Gasteiger partial charge in [0, 0.05) is 11.3 Å². The third-order valence-electron chi connectivity index (χ3n) is 2.38. The number of hydrogen-bond donors (Lipinski definition) is 1. The van der Waals surface area contributed by atoms with E-state index in [-0.39, 0.29) is 0 Å². The van der Waals surface area contributed by atoms with E-state index in [0.29, 0.717) is 12.2 Å². The average Bonchev–Trinajstić information content (AvgIpc) is 2.31. The molecule has 0 bridgehead atoms. The monoisotopic (exact) mass is 273 g/mol. The summed E-state index contributed by atoms with van der Waals surface area (Å²) in [5.41, 5.74) is 0. The molecular weight excluding hydrogens is 258 g/mol. The van der Waals surface area contributed by atoms with Crippen molar-refractivity contribution in [3.63, 3.8) is 0 Å². The Bertz CT molecular complexity index is 383. The Labute approximate surface area is 111 Å². The largest absolute Gasteiger partial charge is 0.508 e. The van der Waals surface area contributed by atoms with E-state index in [0.717, 1.165) is 0 Å². The van der Waals surface area contributed by atoms with Crippen LogP contribution in [0.15, 0.2) is 30.3 Å². The second kappa shape index (κ2) is 8.47. The molecule has 100 valence electrons. The SMILES string of the molecule is CCC(C(C)C(=O)Cl)[N+](=O)[O-].Oc1ccccc1. The van der Waals surface area contributed by atoms with Crippen LogP contribution in [0.4, 0.5) is 0 Å². The molecule has 6 heteroatoms. The number of hydrogen-bond acceptors (Lipinski definition) is 4. The van der Waals surface area contributed by atoms with Crippen LogP contribution in [-0.4, -0.2) is 21.3 Å². The number of para-hydroxylation sites is 1. The van der Waals surface area contributed by atoms with Gasteiger partial charge in [-0.05, 0) is 30.7 Å². The van der Waals surface area contributed by atoms with Gasteiger partial charge in [0.15, 0.2) is 0 Å².